The number of aromatic nitrogens is 8. The molecule has 2 saturated heterocycles. The van der Waals surface area contributed by atoms with Crippen LogP contribution in [0.5, 0.6) is 0 Å². The molecule has 5 atom stereocenters. The minimum atomic E-state index is -1.07. The van der Waals surface area contributed by atoms with Gasteiger partial charge in [-0.25, -0.2) is 4.98 Å². The van der Waals surface area contributed by atoms with Crippen molar-refractivity contribution in [1.82, 2.24) is 44.6 Å². The third-order valence-electron chi connectivity index (χ3n) is 8.72. The van der Waals surface area contributed by atoms with E-state index in [1.165, 1.54) is 15.9 Å². The van der Waals surface area contributed by atoms with E-state index in [1.54, 1.807) is 10.9 Å². The summed E-state index contributed by atoms with van der Waals surface area (Å²) >= 11 is 0. The summed E-state index contributed by atoms with van der Waals surface area (Å²) < 4.78 is 18.9. The second-order valence-corrected chi connectivity index (χ2v) is 11.9. The molecular weight excluding hydrogens is 630 g/mol. The van der Waals surface area contributed by atoms with Crippen LogP contribution in [0.25, 0.3) is 11.2 Å². The quantitative estimate of drug-likeness (QED) is 0.156. The number of rotatable bonds is 15. The van der Waals surface area contributed by atoms with Gasteiger partial charge in [0.15, 0.2) is 41.5 Å². The molecule has 0 spiro atoms. The number of imidazole rings is 1. The van der Waals surface area contributed by atoms with Crippen molar-refractivity contribution < 1.29 is 23.8 Å². The Labute approximate surface area is 281 Å². The first-order valence-corrected chi connectivity index (χ1v) is 16.3. The highest BCUT2D eigenvalue weighted by molar-refractivity contribution is 5.84. The highest BCUT2D eigenvalue weighted by atomic mass is 16.6. The number of benzene rings is 2. The van der Waals surface area contributed by atoms with Crippen LogP contribution < -0.4 is 10.6 Å². The van der Waals surface area contributed by atoms with Crippen LogP contribution >= 0.6 is 0 Å². The Bertz CT molecular complexity index is 1850. The Morgan fingerprint density at radius 2 is 1.73 bits per heavy atom. The topological polar surface area (TPSA) is 176 Å². The minimum absolute atomic E-state index is 0.116. The van der Waals surface area contributed by atoms with Gasteiger partial charge in [-0.05, 0) is 36.1 Å². The Balaban J connectivity index is 1.19. The summed E-state index contributed by atoms with van der Waals surface area (Å²) in [6, 6.07) is 20.7. The number of aryl methyl sites for hydroxylation is 1. The fourth-order valence-corrected chi connectivity index (χ4v) is 6.38. The Kier molecular flexibility index (Phi) is 9.65. The van der Waals surface area contributed by atoms with Gasteiger partial charge < -0.3 is 24.8 Å². The number of hydrogen-bond donors (Lipinski definition) is 2. The van der Waals surface area contributed by atoms with Gasteiger partial charge >= 0.3 is 0 Å². The summed E-state index contributed by atoms with van der Waals surface area (Å²) in [4.78, 5) is 41.5. The van der Waals surface area contributed by atoms with Crippen LogP contribution in [0.2, 0.25) is 0 Å². The average molecular weight is 668 g/mol. The number of hydrogen-bond acceptors (Lipinski definition) is 14. The smallest absolute Gasteiger partial charge is 0.293 e. The zero-order valence-electron chi connectivity index (χ0n) is 26.9. The Hall–Kier alpha value is -5.48. The molecule has 5 aromatic rings. The van der Waals surface area contributed by atoms with Crippen molar-refractivity contribution in [2.24, 2.45) is 0 Å². The molecule has 49 heavy (non-hydrogen) atoms. The van der Waals surface area contributed by atoms with Crippen LogP contribution in [-0.4, -0.2) is 95.5 Å². The van der Waals surface area contributed by atoms with Crippen molar-refractivity contribution in [2.75, 3.05) is 30.3 Å². The van der Waals surface area contributed by atoms with E-state index in [0.717, 1.165) is 32.5 Å². The summed E-state index contributed by atoms with van der Waals surface area (Å²) in [5.41, 5.74) is 3.37. The van der Waals surface area contributed by atoms with Gasteiger partial charge in [0.05, 0.1) is 12.9 Å². The van der Waals surface area contributed by atoms with Gasteiger partial charge in [-0.3, -0.25) is 19.1 Å². The molecule has 1 unspecified atom stereocenters. The summed E-state index contributed by atoms with van der Waals surface area (Å²) in [5.74, 6) is 1.14. The van der Waals surface area contributed by atoms with Gasteiger partial charge in [0, 0.05) is 32.2 Å². The first kappa shape index (κ1) is 32.1. The fourth-order valence-electron chi connectivity index (χ4n) is 6.38. The maximum atomic E-state index is 11.7. The van der Waals surface area contributed by atoms with Gasteiger partial charge in [0.2, 0.25) is 11.8 Å². The maximum Gasteiger partial charge on any atom is 0.293 e. The van der Waals surface area contributed by atoms with E-state index in [1.807, 2.05) is 31.2 Å². The number of nitrogens with one attached hydrogen (secondary N) is 2. The summed E-state index contributed by atoms with van der Waals surface area (Å²) in [7, 11) is 0. The third-order valence-corrected chi connectivity index (χ3v) is 8.72. The van der Waals surface area contributed by atoms with Gasteiger partial charge in [-0.2, -0.15) is 14.8 Å². The Morgan fingerprint density at radius 3 is 2.47 bits per heavy atom. The van der Waals surface area contributed by atoms with E-state index in [-0.39, 0.29) is 18.3 Å². The predicted molar refractivity (Wildman–Crippen MR) is 176 cm³/mol. The number of fused-ring (bicyclic) bond motifs is 1. The van der Waals surface area contributed by atoms with E-state index in [9.17, 15) is 9.59 Å². The lowest BCUT2D eigenvalue weighted by Crippen LogP contribution is -2.34. The number of ether oxygens (including phenoxy) is 3. The lowest BCUT2D eigenvalue weighted by molar-refractivity contribution is -0.151. The number of tetrazole rings is 1. The zero-order valence-corrected chi connectivity index (χ0v) is 26.9. The van der Waals surface area contributed by atoms with Crippen molar-refractivity contribution in [2.45, 2.75) is 63.4 Å². The van der Waals surface area contributed by atoms with Crippen LogP contribution in [0.15, 0.2) is 67.0 Å². The standard InChI is InChI=1S/C33H37N11O5/c1-2-44-40-30(39-41-44)27-26(47-20-45)28(48-21-46)32(49-27)43-19-35-25-29(34-15-13-22-9-5-3-6-10-22)37-33(38-31(25)43)36-24-14-16-42(18-24)17-23-11-7-4-8-12-23/h3-12,19-21,24,26-28,32H,2,13-18H2,1H3,(H2,34,36,37,38)/t24?,26-,27+,28-,32-/m1/s1. The van der Waals surface area contributed by atoms with Gasteiger partial charge in [-0.1, -0.05) is 60.7 Å². The number of nitrogens with zero attached hydrogens (tertiary/aromatic N) is 9. The molecule has 16 nitrogen and oxygen atoms in total. The van der Waals surface area contributed by atoms with E-state index in [2.05, 4.69) is 72.3 Å². The van der Waals surface area contributed by atoms with Crippen LogP contribution in [0, 0.1) is 0 Å². The largest absolute Gasteiger partial charge is 0.457 e. The number of anilines is 2. The number of carbonyl (C=O) groups is 2. The minimum Gasteiger partial charge on any atom is -0.457 e. The van der Waals surface area contributed by atoms with E-state index in [4.69, 9.17) is 24.2 Å². The molecule has 7 rings (SSSR count). The molecule has 3 aromatic heterocycles. The first-order chi connectivity index (χ1) is 24.1. The van der Waals surface area contributed by atoms with Crippen molar-refractivity contribution >= 4 is 35.9 Å². The second kappa shape index (κ2) is 14.7. The molecule has 2 aromatic carbocycles. The summed E-state index contributed by atoms with van der Waals surface area (Å²) in [6.45, 7) is 6.13. The molecular formula is C33H37N11O5. The maximum absolute atomic E-state index is 11.7. The summed E-state index contributed by atoms with van der Waals surface area (Å²) in [5, 5.41) is 19.4. The highest BCUT2D eigenvalue weighted by Gasteiger charge is 2.52. The van der Waals surface area contributed by atoms with Crippen LogP contribution in [0.4, 0.5) is 11.8 Å². The molecule has 0 saturated carbocycles. The van der Waals surface area contributed by atoms with Crippen LogP contribution in [0.1, 0.15) is 42.6 Å². The van der Waals surface area contributed by atoms with Crippen molar-refractivity contribution in [3.63, 3.8) is 0 Å². The van der Waals surface area contributed by atoms with E-state index >= 15 is 0 Å². The molecule has 0 bridgehead atoms. The predicted octanol–water partition coefficient (Wildman–Crippen LogP) is 2.53. The third kappa shape index (κ3) is 7.05. The molecule has 2 aliphatic heterocycles. The van der Waals surface area contributed by atoms with Crippen LogP contribution in [0.3, 0.4) is 0 Å². The molecule has 16 heteroatoms. The van der Waals surface area contributed by atoms with Gasteiger partial charge in [0.25, 0.3) is 12.9 Å². The van der Waals surface area contributed by atoms with Crippen molar-refractivity contribution in [3.05, 3.63) is 83.9 Å². The molecule has 2 N–H and O–H groups in total. The van der Waals surface area contributed by atoms with Crippen molar-refractivity contribution in [3.8, 4) is 0 Å². The first-order valence-electron chi connectivity index (χ1n) is 16.3. The number of likely N-dealkylation sites (tertiary alicyclic amines) is 1. The molecule has 254 valence electrons. The lowest BCUT2D eigenvalue weighted by Gasteiger charge is -2.21. The summed E-state index contributed by atoms with van der Waals surface area (Å²) in [6.07, 6.45) is -0.862. The lowest BCUT2D eigenvalue weighted by atomic mass is 10.1. The fraction of sp³-hybridized carbons (Fsp3) is 0.394. The van der Waals surface area contributed by atoms with Crippen LogP contribution in [-0.2, 0) is 43.3 Å². The Morgan fingerprint density at radius 1 is 0.980 bits per heavy atom. The highest BCUT2D eigenvalue weighted by Crippen LogP contribution is 2.42. The molecule has 5 heterocycles. The monoisotopic (exact) mass is 667 g/mol. The normalized spacial score (nSPS) is 22.3. The second-order valence-electron chi connectivity index (χ2n) is 11.9. The SMILES string of the molecule is CCn1nnc([C@H]2O[C@@H](n3cnc4c(NCCc5ccccc5)nc(NC5CCN(Cc6ccccc6)C5)nc43)[C@H](OC=O)[C@@H]2OC=O)n1. The van der Waals surface area contributed by atoms with Crippen molar-refractivity contribution in [1.29, 1.82) is 0 Å². The number of carbonyl (C=O) groups excluding carboxylic acids is 2. The molecule has 2 aliphatic rings. The van der Waals surface area contributed by atoms with E-state index in [0.29, 0.717) is 42.5 Å². The van der Waals surface area contributed by atoms with Gasteiger partial charge in [0.1, 0.15) is 0 Å². The van der Waals surface area contributed by atoms with Gasteiger partial charge in [-0.15, -0.1) is 10.2 Å². The molecule has 0 radical (unpaired) electrons. The average Bonchev–Trinajstić information content (AvgIpc) is 3.93. The molecule has 0 aliphatic carbocycles. The molecule has 2 fully saturated rings. The molecule has 0 amide bonds. The zero-order chi connectivity index (χ0) is 33.6. The van der Waals surface area contributed by atoms with E-state index < -0.39 is 24.5 Å².